The zero-order chi connectivity index (χ0) is 13.0. The molecule has 0 amide bonds. The molecule has 0 aliphatic carbocycles. The molecular weight excluding hydrogens is 224 g/mol. The summed E-state index contributed by atoms with van der Waals surface area (Å²) < 4.78 is 0. The third-order valence-electron chi connectivity index (χ3n) is 3.59. The Bertz CT molecular complexity index is 363. The van der Waals surface area contributed by atoms with Crippen LogP contribution in [0.3, 0.4) is 0 Å². The Hall–Kier alpha value is -1.13. The molecule has 0 aromatic carbocycles. The van der Waals surface area contributed by atoms with Crippen molar-refractivity contribution in [1.29, 1.82) is 0 Å². The van der Waals surface area contributed by atoms with Crippen LogP contribution in [0.2, 0.25) is 0 Å². The molecule has 0 saturated carbocycles. The van der Waals surface area contributed by atoms with Crippen LogP contribution in [-0.2, 0) is 6.54 Å². The lowest BCUT2D eigenvalue weighted by Crippen LogP contribution is -2.27. The molecule has 1 N–H and O–H groups in total. The molecule has 100 valence electrons. The van der Waals surface area contributed by atoms with E-state index in [0.717, 1.165) is 18.3 Å². The highest BCUT2D eigenvalue weighted by atomic mass is 15.1. The molecule has 1 unspecified atom stereocenters. The van der Waals surface area contributed by atoms with Crippen LogP contribution in [0.15, 0.2) is 18.3 Å². The van der Waals surface area contributed by atoms with Crippen LogP contribution in [-0.4, -0.2) is 55.6 Å². The molecule has 0 bridgehead atoms. The van der Waals surface area contributed by atoms with Gasteiger partial charge in [0.15, 0.2) is 0 Å². The van der Waals surface area contributed by atoms with E-state index in [0.29, 0.717) is 0 Å². The van der Waals surface area contributed by atoms with Crippen molar-refractivity contribution in [2.45, 2.75) is 13.0 Å². The van der Waals surface area contributed by atoms with Crippen molar-refractivity contribution in [2.24, 2.45) is 5.92 Å². The van der Waals surface area contributed by atoms with Gasteiger partial charge in [0.25, 0.3) is 0 Å². The van der Waals surface area contributed by atoms with Gasteiger partial charge >= 0.3 is 0 Å². The van der Waals surface area contributed by atoms with Crippen LogP contribution in [0.5, 0.6) is 0 Å². The van der Waals surface area contributed by atoms with E-state index in [4.69, 9.17) is 0 Å². The highest BCUT2D eigenvalue weighted by molar-refractivity contribution is 5.34. The van der Waals surface area contributed by atoms with Gasteiger partial charge in [-0.3, -0.25) is 0 Å². The molecule has 1 fully saturated rings. The van der Waals surface area contributed by atoms with E-state index in [1.807, 2.05) is 19.3 Å². The summed E-state index contributed by atoms with van der Waals surface area (Å²) in [6, 6.07) is 4.18. The molecule has 18 heavy (non-hydrogen) atoms. The summed E-state index contributed by atoms with van der Waals surface area (Å²) in [5.41, 5.74) is 1.28. The lowest BCUT2D eigenvalue weighted by molar-refractivity contribution is 0.267. The first-order valence-corrected chi connectivity index (χ1v) is 6.67. The number of anilines is 1. The molecule has 1 aliphatic heterocycles. The zero-order valence-corrected chi connectivity index (χ0v) is 11.7. The average molecular weight is 248 g/mol. The monoisotopic (exact) mass is 248 g/mol. The van der Waals surface area contributed by atoms with E-state index in [9.17, 15) is 0 Å². The van der Waals surface area contributed by atoms with Gasteiger partial charge in [0, 0.05) is 32.9 Å². The second-order valence-corrected chi connectivity index (χ2v) is 5.42. The largest absolute Gasteiger partial charge is 0.373 e. The minimum atomic E-state index is 0.824. The van der Waals surface area contributed by atoms with Gasteiger partial charge in [-0.25, -0.2) is 4.98 Å². The van der Waals surface area contributed by atoms with Crippen LogP contribution in [0.25, 0.3) is 0 Å². The summed E-state index contributed by atoms with van der Waals surface area (Å²) in [6.45, 7) is 4.65. The maximum atomic E-state index is 4.35. The van der Waals surface area contributed by atoms with E-state index in [2.05, 4.69) is 40.3 Å². The SMILES string of the molecule is CNc1ccc(CN(C)CC2CCN(C)C2)cn1. The molecule has 4 nitrogen and oxygen atoms in total. The number of aromatic nitrogens is 1. The van der Waals surface area contributed by atoms with Crippen molar-refractivity contribution in [2.75, 3.05) is 46.1 Å². The fourth-order valence-electron chi connectivity index (χ4n) is 2.66. The predicted molar refractivity (Wildman–Crippen MR) is 75.7 cm³/mol. The van der Waals surface area contributed by atoms with Crippen molar-refractivity contribution in [3.8, 4) is 0 Å². The number of pyridine rings is 1. The summed E-state index contributed by atoms with van der Waals surface area (Å²) >= 11 is 0. The van der Waals surface area contributed by atoms with Gasteiger partial charge in [0.2, 0.25) is 0 Å². The van der Waals surface area contributed by atoms with Crippen LogP contribution < -0.4 is 5.32 Å². The summed E-state index contributed by atoms with van der Waals surface area (Å²) in [7, 11) is 6.30. The van der Waals surface area contributed by atoms with Crippen molar-refractivity contribution in [1.82, 2.24) is 14.8 Å². The Kier molecular flexibility index (Phi) is 4.55. The van der Waals surface area contributed by atoms with Gasteiger partial charge < -0.3 is 15.1 Å². The molecule has 1 atom stereocenters. The number of nitrogens with one attached hydrogen (secondary N) is 1. The van der Waals surface area contributed by atoms with Gasteiger partial charge in [-0.05, 0) is 44.6 Å². The lowest BCUT2D eigenvalue weighted by Gasteiger charge is -2.20. The molecule has 2 rings (SSSR count). The molecule has 0 radical (unpaired) electrons. The Balaban J connectivity index is 1.80. The Morgan fingerprint density at radius 3 is 2.89 bits per heavy atom. The Morgan fingerprint density at radius 2 is 2.33 bits per heavy atom. The van der Waals surface area contributed by atoms with E-state index in [-0.39, 0.29) is 0 Å². The van der Waals surface area contributed by atoms with Crippen LogP contribution >= 0.6 is 0 Å². The highest BCUT2D eigenvalue weighted by Crippen LogP contribution is 2.16. The Labute approximate surface area is 110 Å². The maximum absolute atomic E-state index is 4.35. The van der Waals surface area contributed by atoms with Crippen molar-refractivity contribution in [3.63, 3.8) is 0 Å². The molecule has 2 heterocycles. The van der Waals surface area contributed by atoms with Crippen molar-refractivity contribution >= 4 is 5.82 Å². The predicted octanol–water partition coefficient (Wildman–Crippen LogP) is 1.51. The lowest BCUT2D eigenvalue weighted by atomic mass is 10.1. The van der Waals surface area contributed by atoms with Crippen molar-refractivity contribution in [3.05, 3.63) is 23.9 Å². The maximum Gasteiger partial charge on any atom is 0.125 e. The zero-order valence-electron chi connectivity index (χ0n) is 11.7. The number of nitrogens with zero attached hydrogens (tertiary/aromatic N) is 3. The first-order valence-electron chi connectivity index (χ1n) is 6.67. The summed E-state index contributed by atoms with van der Waals surface area (Å²) in [5.74, 6) is 1.75. The first kappa shape index (κ1) is 13.3. The van der Waals surface area contributed by atoms with Crippen LogP contribution in [0, 0.1) is 5.92 Å². The smallest absolute Gasteiger partial charge is 0.125 e. The fraction of sp³-hybridized carbons (Fsp3) is 0.643. The minimum absolute atomic E-state index is 0.824. The molecule has 1 saturated heterocycles. The summed E-state index contributed by atoms with van der Waals surface area (Å²) in [5, 5.41) is 3.04. The van der Waals surface area contributed by atoms with Gasteiger partial charge in [0.05, 0.1) is 0 Å². The van der Waals surface area contributed by atoms with E-state index in [1.54, 1.807) is 0 Å². The molecule has 4 heteroatoms. The van der Waals surface area contributed by atoms with Crippen LogP contribution in [0.1, 0.15) is 12.0 Å². The van der Waals surface area contributed by atoms with E-state index in [1.165, 1.54) is 31.6 Å². The van der Waals surface area contributed by atoms with Crippen LogP contribution in [0.4, 0.5) is 5.82 Å². The summed E-state index contributed by atoms with van der Waals surface area (Å²) in [6.07, 6.45) is 3.29. The molecule has 1 aliphatic rings. The van der Waals surface area contributed by atoms with Gasteiger partial charge in [-0.15, -0.1) is 0 Å². The van der Waals surface area contributed by atoms with Gasteiger partial charge in [-0.1, -0.05) is 6.07 Å². The number of likely N-dealkylation sites (tertiary alicyclic amines) is 1. The van der Waals surface area contributed by atoms with E-state index >= 15 is 0 Å². The highest BCUT2D eigenvalue weighted by Gasteiger charge is 2.20. The fourth-order valence-corrected chi connectivity index (χ4v) is 2.66. The first-order chi connectivity index (χ1) is 8.67. The van der Waals surface area contributed by atoms with Gasteiger partial charge in [0.1, 0.15) is 5.82 Å². The van der Waals surface area contributed by atoms with Crippen molar-refractivity contribution < 1.29 is 0 Å². The molecule has 1 aromatic heterocycles. The quantitative estimate of drug-likeness (QED) is 0.856. The molecule has 0 spiro atoms. The number of hydrogen-bond donors (Lipinski definition) is 1. The van der Waals surface area contributed by atoms with Gasteiger partial charge in [-0.2, -0.15) is 0 Å². The third-order valence-corrected chi connectivity index (χ3v) is 3.59. The number of hydrogen-bond acceptors (Lipinski definition) is 4. The summed E-state index contributed by atoms with van der Waals surface area (Å²) in [4.78, 5) is 9.17. The van der Waals surface area contributed by atoms with E-state index < -0.39 is 0 Å². The third kappa shape index (κ3) is 3.68. The number of rotatable bonds is 5. The Morgan fingerprint density at radius 1 is 1.50 bits per heavy atom. The normalized spacial score (nSPS) is 20.6. The second kappa shape index (κ2) is 6.16. The topological polar surface area (TPSA) is 31.4 Å². The molecule has 1 aromatic rings. The minimum Gasteiger partial charge on any atom is -0.373 e. The molecular formula is C14H24N4. The average Bonchev–Trinajstić information content (AvgIpc) is 2.75. The second-order valence-electron chi connectivity index (χ2n) is 5.42. The standard InChI is InChI=1S/C14H24N4/c1-15-14-5-4-12(8-16-14)9-18(3)11-13-6-7-17(2)10-13/h4-5,8,13H,6-7,9-11H2,1-3H3,(H,15,16).